The summed E-state index contributed by atoms with van der Waals surface area (Å²) in [5.74, 6) is 0.680. The van der Waals surface area contributed by atoms with Crippen LogP contribution in [0.2, 0.25) is 0 Å². The largest absolute Gasteiger partial charge is 0.495 e. The van der Waals surface area contributed by atoms with Crippen molar-refractivity contribution in [1.29, 1.82) is 5.26 Å². The van der Waals surface area contributed by atoms with E-state index in [0.29, 0.717) is 11.3 Å². The monoisotopic (exact) mass is 239 g/mol. The zero-order chi connectivity index (χ0) is 9.84. The van der Waals surface area contributed by atoms with Gasteiger partial charge in [-0.3, -0.25) is 0 Å². The van der Waals surface area contributed by atoms with E-state index in [4.69, 9.17) is 10.00 Å². The van der Waals surface area contributed by atoms with Gasteiger partial charge in [-0.05, 0) is 18.6 Å². The van der Waals surface area contributed by atoms with Crippen molar-refractivity contribution in [3.63, 3.8) is 0 Å². The average Bonchev–Trinajstić information content (AvgIpc) is 2.17. The van der Waals surface area contributed by atoms with Crippen LogP contribution in [-0.4, -0.2) is 7.11 Å². The van der Waals surface area contributed by atoms with Crippen LogP contribution in [-0.2, 0) is 6.42 Å². The van der Waals surface area contributed by atoms with Crippen molar-refractivity contribution in [1.82, 2.24) is 0 Å². The van der Waals surface area contributed by atoms with Gasteiger partial charge in [0.05, 0.1) is 12.7 Å². The number of hydrogen-bond donors (Lipinski definition) is 0. The minimum atomic E-state index is 0.586. The van der Waals surface area contributed by atoms with Crippen LogP contribution in [0.15, 0.2) is 16.6 Å². The van der Waals surface area contributed by atoms with Gasteiger partial charge in [0.2, 0.25) is 0 Å². The third-order valence-corrected chi connectivity index (χ3v) is 2.62. The van der Waals surface area contributed by atoms with Gasteiger partial charge < -0.3 is 4.74 Å². The predicted molar refractivity (Wildman–Crippen MR) is 54.8 cm³/mol. The SMILES string of the molecule is CCc1c(Br)ccc(C#N)c1OC. The summed E-state index contributed by atoms with van der Waals surface area (Å²) in [6, 6.07) is 5.73. The molecule has 0 aromatic heterocycles. The molecule has 0 fully saturated rings. The summed E-state index contributed by atoms with van der Waals surface area (Å²) in [6.07, 6.45) is 0.847. The summed E-state index contributed by atoms with van der Waals surface area (Å²) in [4.78, 5) is 0. The van der Waals surface area contributed by atoms with E-state index in [0.717, 1.165) is 16.5 Å². The Morgan fingerprint density at radius 1 is 1.54 bits per heavy atom. The van der Waals surface area contributed by atoms with Gasteiger partial charge in [-0.15, -0.1) is 0 Å². The molecule has 0 aliphatic carbocycles. The predicted octanol–water partition coefficient (Wildman–Crippen LogP) is 2.89. The van der Waals surface area contributed by atoms with Crippen LogP contribution in [0.1, 0.15) is 18.1 Å². The molecular formula is C10H10BrNO. The summed E-state index contributed by atoms with van der Waals surface area (Å²) in [6.45, 7) is 2.03. The summed E-state index contributed by atoms with van der Waals surface area (Å²) >= 11 is 3.42. The van der Waals surface area contributed by atoms with Gasteiger partial charge in [-0.1, -0.05) is 22.9 Å². The van der Waals surface area contributed by atoms with Crippen molar-refractivity contribution in [3.05, 3.63) is 27.7 Å². The Bertz CT molecular complexity index is 355. The molecule has 0 saturated heterocycles. The molecule has 1 aromatic carbocycles. The van der Waals surface area contributed by atoms with Gasteiger partial charge >= 0.3 is 0 Å². The molecular weight excluding hydrogens is 230 g/mol. The Labute approximate surface area is 86.3 Å². The zero-order valence-corrected chi connectivity index (χ0v) is 9.18. The Morgan fingerprint density at radius 2 is 2.23 bits per heavy atom. The lowest BCUT2D eigenvalue weighted by Crippen LogP contribution is -1.95. The minimum Gasteiger partial charge on any atom is -0.495 e. The number of nitriles is 1. The van der Waals surface area contributed by atoms with Crippen molar-refractivity contribution >= 4 is 15.9 Å². The maximum Gasteiger partial charge on any atom is 0.140 e. The van der Waals surface area contributed by atoms with E-state index in [1.165, 1.54) is 0 Å². The number of ether oxygens (including phenoxy) is 1. The van der Waals surface area contributed by atoms with E-state index in [1.807, 2.05) is 13.0 Å². The van der Waals surface area contributed by atoms with Crippen molar-refractivity contribution in [2.24, 2.45) is 0 Å². The normalized spacial score (nSPS) is 9.38. The molecule has 0 unspecified atom stereocenters. The highest BCUT2D eigenvalue weighted by atomic mass is 79.9. The second-order valence-corrected chi connectivity index (χ2v) is 3.43. The molecule has 68 valence electrons. The van der Waals surface area contributed by atoms with Gasteiger partial charge in [0.15, 0.2) is 0 Å². The fourth-order valence-corrected chi connectivity index (χ4v) is 1.85. The number of hydrogen-bond acceptors (Lipinski definition) is 2. The second kappa shape index (κ2) is 4.29. The topological polar surface area (TPSA) is 33.0 Å². The highest BCUT2D eigenvalue weighted by molar-refractivity contribution is 9.10. The van der Waals surface area contributed by atoms with Crippen molar-refractivity contribution in [2.45, 2.75) is 13.3 Å². The van der Waals surface area contributed by atoms with Crippen LogP contribution < -0.4 is 4.74 Å². The first kappa shape index (κ1) is 10.1. The van der Waals surface area contributed by atoms with E-state index in [9.17, 15) is 0 Å². The lowest BCUT2D eigenvalue weighted by Gasteiger charge is -2.09. The van der Waals surface area contributed by atoms with Crippen LogP contribution in [0, 0.1) is 11.3 Å². The zero-order valence-electron chi connectivity index (χ0n) is 7.60. The van der Waals surface area contributed by atoms with Crippen LogP contribution in [0.25, 0.3) is 0 Å². The van der Waals surface area contributed by atoms with Gasteiger partial charge in [0.25, 0.3) is 0 Å². The molecule has 0 amide bonds. The molecule has 0 spiro atoms. The van der Waals surface area contributed by atoms with Gasteiger partial charge in [0.1, 0.15) is 11.8 Å². The molecule has 0 saturated carbocycles. The fourth-order valence-electron chi connectivity index (χ4n) is 1.25. The van der Waals surface area contributed by atoms with Gasteiger partial charge in [0, 0.05) is 10.0 Å². The molecule has 0 bridgehead atoms. The first-order valence-corrected chi connectivity index (χ1v) is 4.79. The maximum atomic E-state index is 8.82. The second-order valence-electron chi connectivity index (χ2n) is 2.57. The molecule has 13 heavy (non-hydrogen) atoms. The standard InChI is InChI=1S/C10H10BrNO/c1-3-8-9(11)5-4-7(6-12)10(8)13-2/h4-5H,3H2,1-2H3. The van der Waals surface area contributed by atoms with Crippen LogP contribution in [0.5, 0.6) is 5.75 Å². The Kier molecular flexibility index (Phi) is 3.32. The van der Waals surface area contributed by atoms with Gasteiger partial charge in [-0.25, -0.2) is 0 Å². The number of halogens is 1. The Morgan fingerprint density at radius 3 is 2.69 bits per heavy atom. The van der Waals surface area contributed by atoms with Crippen molar-refractivity contribution < 1.29 is 4.74 Å². The quantitative estimate of drug-likeness (QED) is 0.796. The number of rotatable bonds is 2. The number of nitrogens with zero attached hydrogens (tertiary/aromatic N) is 1. The average molecular weight is 240 g/mol. The molecule has 2 nitrogen and oxygen atoms in total. The molecule has 0 heterocycles. The third-order valence-electron chi connectivity index (χ3n) is 1.88. The number of methoxy groups -OCH3 is 1. The Hall–Kier alpha value is -1.01. The van der Waals surface area contributed by atoms with E-state index >= 15 is 0 Å². The summed E-state index contributed by atoms with van der Waals surface area (Å²) < 4.78 is 6.18. The molecule has 1 rings (SSSR count). The summed E-state index contributed by atoms with van der Waals surface area (Å²) in [5, 5.41) is 8.82. The van der Waals surface area contributed by atoms with E-state index in [2.05, 4.69) is 22.0 Å². The molecule has 0 aliphatic rings. The molecule has 0 N–H and O–H groups in total. The molecule has 0 radical (unpaired) electrons. The molecule has 0 aliphatic heterocycles. The highest BCUT2D eigenvalue weighted by Gasteiger charge is 2.10. The highest BCUT2D eigenvalue weighted by Crippen LogP contribution is 2.30. The lowest BCUT2D eigenvalue weighted by atomic mass is 10.1. The van der Waals surface area contributed by atoms with Gasteiger partial charge in [-0.2, -0.15) is 5.26 Å². The first-order chi connectivity index (χ1) is 6.24. The van der Waals surface area contributed by atoms with Crippen LogP contribution >= 0.6 is 15.9 Å². The first-order valence-electron chi connectivity index (χ1n) is 4.00. The maximum absolute atomic E-state index is 8.82. The van der Waals surface area contributed by atoms with Crippen molar-refractivity contribution in [2.75, 3.05) is 7.11 Å². The number of benzene rings is 1. The molecule has 1 aromatic rings. The molecule has 3 heteroatoms. The third kappa shape index (κ3) is 1.84. The Balaban J connectivity index is 3.38. The van der Waals surface area contributed by atoms with Crippen molar-refractivity contribution in [3.8, 4) is 11.8 Å². The van der Waals surface area contributed by atoms with Crippen LogP contribution in [0.4, 0.5) is 0 Å². The summed E-state index contributed by atoms with van der Waals surface area (Å²) in [5.41, 5.74) is 1.63. The van der Waals surface area contributed by atoms with E-state index in [-0.39, 0.29) is 0 Å². The lowest BCUT2D eigenvalue weighted by molar-refractivity contribution is 0.408. The minimum absolute atomic E-state index is 0.586. The van der Waals surface area contributed by atoms with E-state index < -0.39 is 0 Å². The smallest absolute Gasteiger partial charge is 0.140 e. The van der Waals surface area contributed by atoms with Crippen LogP contribution in [0.3, 0.4) is 0 Å². The fraction of sp³-hybridized carbons (Fsp3) is 0.300. The molecule has 0 atom stereocenters. The summed E-state index contributed by atoms with van der Waals surface area (Å²) in [7, 11) is 1.59. The van der Waals surface area contributed by atoms with E-state index in [1.54, 1.807) is 13.2 Å².